The maximum absolute atomic E-state index is 13.2. The van der Waals surface area contributed by atoms with Crippen LogP contribution >= 0.6 is 0 Å². The lowest BCUT2D eigenvalue weighted by Crippen LogP contribution is -2.56. The molecule has 2 aliphatic heterocycles. The first-order valence-electron chi connectivity index (χ1n) is 11.5. The van der Waals surface area contributed by atoms with Gasteiger partial charge >= 0.3 is 6.09 Å². The van der Waals surface area contributed by atoms with Crippen molar-refractivity contribution in [2.45, 2.75) is 33.2 Å². The number of hydrogen-bond donors (Lipinski definition) is 1. The molecular weight excluding hydrogens is 448 g/mol. The molecule has 0 unspecified atom stereocenters. The van der Waals surface area contributed by atoms with Crippen LogP contribution < -0.4 is 10.1 Å². The van der Waals surface area contributed by atoms with Gasteiger partial charge in [0.15, 0.2) is 0 Å². The van der Waals surface area contributed by atoms with E-state index in [1.165, 1.54) is 13.5 Å². The fourth-order valence-corrected chi connectivity index (χ4v) is 5.80. The highest BCUT2D eigenvalue weighted by Gasteiger charge is 2.37. The minimum absolute atomic E-state index is 0.152. The molecule has 10 nitrogen and oxygen atoms in total. The van der Waals surface area contributed by atoms with Crippen molar-refractivity contribution < 1.29 is 27.5 Å². The number of para-hydroxylation sites is 1. The maximum Gasteiger partial charge on any atom is 0.409 e. The largest absolute Gasteiger partial charge is 0.494 e. The summed E-state index contributed by atoms with van der Waals surface area (Å²) in [4.78, 5) is 26.2. The van der Waals surface area contributed by atoms with Crippen molar-refractivity contribution in [3.05, 3.63) is 29.8 Å². The minimum Gasteiger partial charge on any atom is -0.494 e. The van der Waals surface area contributed by atoms with E-state index in [1.807, 2.05) is 31.2 Å². The van der Waals surface area contributed by atoms with Gasteiger partial charge in [-0.05, 0) is 32.8 Å². The van der Waals surface area contributed by atoms with Gasteiger partial charge in [-0.15, -0.1) is 0 Å². The van der Waals surface area contributed by atoms with Gasteiger partial charge in [-0.25, -0.2) is 4.79 Å². The molecule has 0 radical (unpaired) electrons. The molecule has 1 aromatic rings. The quantitative estimate of drug-likeness (QED) is 0.601. The Labute approximate surface area is 196 Å². The van der Waals surface area contributed by atoms with Crippen LogP contribution in [-0.2, 0) is 26.3 Å². The first-order valence-corrected chi connectivity index (χ1v) is 12.9. The lowest BCUT2D eigenvalue weighted by atomic mass is 9.98. The van der Waals surface area contributed by atoms with Crippen molar-refractivity contribution in [1.29, 1.82) is 0 Å². The van der Waals surface area contributed by atoms with Gasteiger partial charge in [0.05, 0.1) is 19.1 Å². The van der Waals surface area contributed by atoms with E-state index in [4.69, 9.17) is 9.47 Å². The van der Waals surface area contributed by atoms with E-state index in [-0.39, 0.29) is 45.2 Å². The zero-order chi connectivity index (χ0) is 23.8. The van der Waals surface area contributed by atoms with Crippen LogP contribution in [0.4, 0.5) is 4.79 Å². The van der Waals surface area contributed by atoms with Crippen LogP contribution in [0.5, 0.6) is 5.75 Å². The van der Waals surface area contributed by atoms with Gasteiger partial charge in [-0.3, -0.25) is 4.79 Å². The van der Waals surface area contributed by atoms with Crippen LogP contribution in [0.2, 0.25) is 0 Å². The van der Waals surface area contributed by atoms with Crippen LogP contribution in [-0.4, -0.2) is 86.4 Å². The van der Waals surface area contributed by atoms with E-state index in [0.717, 1.165) is 11.3 Å². The first-order chi connectivity index (χ1) is 15.9. The van der Waals surface area contributed by atoms with Crippen LogP contribution in [0.3, 0.4) is 0 Å². The van der Waals surface area contributed by atoms with E-state index in [0.29, 0.717) is 32.5 Å². The summed E-state index contributed by atoms with van der Waals surface area (Å²) in [6.07, 6.45) is 0.840. The lowest BCUT2D eigenvalue weighted by molar-refractivity contribution is -0.126. The Balaban J connectivity index is 1.55. The SMILES string of the molecule is CCOC(=O)N1CCN(S(=O)(=O)N2CCC[C@H](C(=O)NCc3ccccc3OCC)C2)CC1. The molecule has 2 aliphatic rings. The normalized spacial score (nSPS) is 20.3. The highest BCUT2D eigenvalue weighted by Crippen LogP contribution is 2.23. The molecule has 3 rings (SSSR count). The van der Waals surface area contributed by atoms with Crippen molar-refractivity contribution >= 4 is 22.2 Å². The van der Waals surface area contributed by atoms with Gasteiger partial charge in [-0.1, -0.05) is 18.2 Å². The lowest BCUT2D eigenvalue weighted by Gasteiger charge is -2.38. The zero-order valence-electron chi connectivity index (χ0n) is 19.4. The van der Waals surface area contributed by atoms with Crippen LogP contribution in [0.1, 0.15) is 32.3 Å². The average Bonchev–Trinajstić information content (AvgIpc) is 2.84. The Hall–Kier alpha value is -2.37. The number of hydrogen-bond acceptors (Lipinski definition) is 6. The third-order valence-electron chi connectivity index (χ3n) is 5.90. The summed E-state index contributed by atoms with van der Waals surface area (Å²) in [5.74, 6) is 0.164. The van der Waals surface area contributed by atoms with Crippen molar-refractivity contribution in [3.8, 4) is 5.75 Å². The van der Waals surface area contributed by atoms with Gasteiger partial charge in [0, 0.05) is 51.4 Å². The molecule has 1 N–H and O–H groups in total. The number of nitrogens with zero attached hydrogens (tertiary/aromatic N) is 3. The minimum atomic E-state index is -3.71. The van der Waals surface area contributed by atoms with Gasteiger partial charge in [-0.2, -0.15) is 17.0 Å². The number of ether oxygens (including phenoxy) is 2. The zero-order valence-corrected chi connectivity index (χ0v) is 20.2. The van der Waals surface area contributed by atoms with E-state index >= 15 is 0 Å². The van der Waals surface area contributed by atoms with Crippen LogP contribution in [0.25, 0.3) is 0 Å². The molecule has 2 saturated heterocycles. The number of benzene rings is 1. The third kappa shape index (κ3) is 6.36. The number of rotatable bonds is 8. The molecule has 2 heterocycles. The molecule has 0 aromatic heterocycles. The Kier molecular flexibility index (Phi) is 8.93. The Morgan fingerprint density at radius 1 is 1.03 bits per heavy atom. The van der Waals surface area contributed by atoms with Gasteiger partial charge in [0.25, 0.3) is 10.2 Å². The highest BCUT2D eigenvalue weighted by atomic mass is 32.2. The Morgan fingerprint density at radius 2 is 1.76 bits per heavy atom. The number of piperidine rings is 1. The summed E-state index contributed by atoms with van der Waals surface area (Å²) in [5, 5.41) is 2.94. The second kappa shape index (κ2) is 11.7. The van der Waals surface area contributed by atoms with Gasteiger partial charge < -0.3 is 19.7 Å². The highest BCUT2D eigenvalue weighted by molar-refractivity contribution is 7.86. The molecule has 1 aromatic carbocycles. The molecular formula is C22H34N4O6S. The van der Waals surface area contributed by atoms with Crippen molar-refractivity contribution in [3.63, 3.8) is 0 Å². The van der Waals surface area contributed by atoms with Crippen molar-refractivity contribution in [2.75, 3.05) is 52.5 Å². The Morgan fingerprint density at radius 3 is 2.45 bits per heavy atom. The van der Waals surface area contributed by atoms with Crippen LogP contribution in [0.15, 0.2) is 24.3 Å². The molecule has 11 heteroatoms. The van der Waals surface area contributed by atoms with Gasteiger partial charge in [0.1, 0.15) is 5.75 Å². The Bertz CT molecular complexity index is 917. The molecule has 184 valence electrons. The predicted molar refractivity (Wildman–Crippen MR) is 123 cm³/mol. The fourth-order valence-electron chi connectivity index (χ4n) is 4.12. The molecule has 2 amide bonds. The molecule has 0 saturated carbocycles. The standard InChI is InChI=1S/C22H34N4O6S/c1-3-31-20-10-6-5-8-18(20)16-23-21(27)19-9-7-11-26(17-19)33(29,30)25-14-12-24(13-15-25)22(28)32-4-2/h5-6,8,10,19H,3-4,7,9,11-17H2,1-2H3,(H,23,27)/t19-/m0/s1. The predicted octanol–water partition coefficient (Wildman–Crippen LogP) is 1.43. The molecule has 33 heavy (non-hydrogen) atoms. The number of piperazine rings is 1. The molecule has 1 atom stereocenters. The monoisotopic (exact) mass is 482 g/mol. The van der Waals surface area contributed by atoms with Crippen molar-refractivity contribution in [2.24, 2.45) is 5.92 Å². The van der Waals surface area contributed by atoms with Gasteiger partial charge in [0.2, 0.25) is 5.91 Å². The third-order valence-corrected chi connectivity index (χ3v) is 7.90. The molecule has 0 aliphatic carbocycles. The molecule has 0 bridgehead atoms. The summed E-state index contributed by atoms with van der Waals surface area (Å²) in [6, 6.07) is 7.54. The van der Waals surface area contributed by atoms with Crippen LogP contribution in [0, 0.1) is 5.92 Å². The summed E-state index contributed by atoms with van der Waals surface area (Å²) in [5.41, 5.74) is 0.882. The fraction of sp³-hybridized carbons (Fsp3) is 0.636. The second-order valence-corrected chi connectivity index (χ2v) is 9.98. The second-order valence-electron chi connectivity index (χ2n) is 8.05. The maximum atomic E-state index is 13.2. The van der Waals surface area contributed by atoms with E-state index in [2.05, 4.69) is 5.32 Å². The number of carbonyl (C=O) groups excluding carboxylic acids is 2. The first kappa shape index (κ1) is 25.3. The van der Waals surface area contributed by atoms with E-state index < -0.39 is 22.2 Å². The van der Waals surface area contributed by atoms with E-state index in [9.17, 15) is 18.0 Å². The van der Waals surface area contributed by atoms with Crippen molar-refractivity contribution in [1.82, 2.24) is 18.8 Å². The van der Waals surface area contributed by atoms with E-state index in [1.54, 1.807) is 6.92 Å². The smallest absolute Gasteiger partial charge is 0.409 e. The number of amides is 2. The summed E-state index contributed by atoms with van der Waals surface area (Å²) in [6.45, 7) is 6.32. The number of nitrogens with one attached hydrogen (secondary N) is 1. The summed E-state index contributed by atoms with van der Waals surface area (Å²) < 4.78 is 39.7. The topological polar surface area (TPSA) is 108 Å². The molecule has 0 spiro atoms. The number of carbonyl (C=O) groups is 2. The summed E-state index contributed by atoms with van der Waals surface area (Å²) in [7, 11) is -3.71. The molecule has 2 fully saturated rings. The summed E-state index contributed by atoms with van der Waals surface area (Å²) >= 11 is 0. The average molecular weight is 483 g/mol.